The quantitative estimate of drug-likeness (QED) is 0.612. The molecule has 0 fully saturated rings. The van der Waals surface area contributed by atoms with Gasteiger partial charge in [-0.25, -0.2) is 19.6 Å². The second kappa shape index (κ2) is 6.32. The maximum Gasteiger partial charge on any atom is 0.275 e. The molecule has 4 rings (SSSR count). The highest BCUT2D eigenvalue weighted by atomic mass is 16.1. The maximum absolute atomic E-state index is 12.4. The fourth-order valence-corrected chi connectivity index (χ4v) is 2.59. The predicted octanol–water partition coefficient (Wildman–Crippen LogP) is 2.47. The first kappa shape index (κ1) is 15.8. The number of benzene rings is 1. The number of anilines is 1. The molecule has 8 nitrogen and oxygen atoms in total. The first-order chi connectivity index (χ1) is 12.6. The summed E-state index contributed by atoms with van der Waals surface area (Å²) in [5.74, 6) is 0.0739. The molecule has 0 aliphatic rings. The molecular weight excluding hydrogens is 330 g/mol. The number of fused-ring (bicyclic) bond motifs is 1. The molecular formula is C18H15N7O. The molecule has 0 saturated heterocycles. The van der Waals surface area contributed by atoms with Crippen molar-refractivity contribution in [2.45, 2.75) is 13.8 Å². The summed E-state index contributed by atoms with van der Waals surface area (Å²) in [6, 6.07) is 9.32. The van der Waals surface area contributed by atoms with E-state index in [0.717, 1.165) is 16.9 Å². The van der Waals surface area contributed by atoms with Crippen LogP contribution in [-0.4, -0.2) is 35.6 Å². The number of hydrogen-bond donors (Lipinski definition) is 1. The van der Waals surface area contributed by atoms with Crippen molar-refractivity contribution in [3.8, 4) is 5.95 Å². The summed E-state index contributed by atoms with van der Waals surface area (Å²) < 4.78 is 1.65. The standard InChI is InChI=1S/C18H15N7O/c1-11-7-12(2)25(24-11)18-20-8-13(9-21-18)22-17(26)16-10-19-14-5-3-4-6-15(14)23-16/h3-10H,1-2H3,(H,22,26). The zero-order valence-corrected chi connectivity index (χ0v) is 14.2. The Kier molecular flexibility index (Phi) is 3.85. The number of aromatic nitrogens is 6. The van der Waals surface area contributed by atoms with Crippen molar-refractivity contribution in [2.75, 3.05) is 5.32 Å². The Morgan fingerprint density at radius 3 is 2.42 bits per heavy atom. The van der Waals surface area contributed by atoms with E-state index in [9.17, 15) is 4.79 Å². The van der Waals surface area contributed by atoms with E-state index < -0.39 is 0 Å². The van der Waals surface area contributed by atoms with Gasteiger partial charge < -0.3 is 5.32 Å². The van der Waals surface area contributed by atoms with Gasteiger partial charge in [-0.3, -0.25) is 9.78 Å². The van der Waals surface area contributed by atoms with Crippen molar-refractivity contribution in [3.63, 3.8) is 0 Å². The van der Waals surface area contributed by atoms with Crippen molar-refractivity contribution >= 4 is 22.6 Å². The zero-order valence-electron chi connectivity index (χ0n) is 14.2. The lowest BCUT2D eigenvalue weighted by atomic mass is 10.3. The van der Waals surface area contributed by atoms with Crippen molar-refractivity contribution < 1.29 is 4.79 Å². The van der Waals surface area contributed by atoms with E-state index in [1.807, 2.05) is 44.2 Å². The minimum absolute atomic E-state index is 0.228. The first-order valence-electron chi connectivity index (χ1n) is 7.99. The molecule has 1 amide bonds. The third-order valence-corrected chi connectivity index (χ3v) is 3.78. The lowest BCUT2D eigenvalue weighted by Crippen LogP contribution is -2.15. The molecule has 0 saturated carbocycles. The fourth-order valence-electron chi connectivity index (χ4n) is 2.59. The van der Waals surface area contributed by atoms with Gasteiger partial charge in [0.25, 0.3) is 11.9 Å². The normalized spacial score (nSPS) is 10.8. The molecule has 0 aliphatic carbocycles. The van der Waals surface area contributed by atoms with Gasteiger partial charge in [0.05, 0.1) is 41.0 Å². The van der Waals surface area contributed by atoms with Gasteiger partial charge in [0, 0.05) is 5.69 Å². The van der Waals surface area contributed by atoms with Gasteiger partial charge in [-0.15, -0.1) is 0 Å². The summed E-state index contributed by atoms with van der Waals surface area (Å²) >= 11 is 0. The Bertz CT molecular complexity index is 1100. The number of aryl methyl sites for hydroxylation is 2. The molecule has 0 aliphatic heterocycles. The monoisotopic (exact) mass is 345 g/mol. The molecule has 4 aromatic rings. The molecule has 128 valence electrons. The number of carbonyl (C=O) groups is 1. The van der Waals surface area contributed by atoms with Gasteiger partial charge >= 0.3 is 0 Å². The van der Waals surface area contributed by atoms with Crippen LogP contribution in [-0.2, 0) is 0 Å². The number of rotatable bonds is 3. The van der Waals surface area contributed by atoms with Crippen LogP contribution in [0, 0.1) is 13.8 Å². The van der Waals surface area contributed by atoms with Crippen molar-refractivity contribution in [2.24, 2.45) is 0 Å². The predicted molar refractivity (Wildman–Crippen MR) is 96.1 cm³/mol. The molecule has 1 aromatic carbocycles. The van der Waals surface area contributed by atoms with Crippen LogP contribution in [0.5, 0.6) is 0 Å². The van der Waals surface area contributed by atoms with E-state index in [2.05, 4.69) is 30.4 Å². The van der Waals surface area contributed by atoms with Crippen molar-refractivity contribution in [1.29, 1.82) is 0 Å². The largest absolute Gasteiger partial charge is 0.318 e. The van der Waals surface area contributed by atoms with Crippen molar-refractivity contribution in [3.05, 3.63) is 66.0 Å². The molecule has 0 bridgehead atoms. The molecule has 3 heterocycles. The van der Waals surface area contributed by atoms with E-state index in [4.69, 9.17) is 0 Å². The van der Waals surface area contributed by atoms with Gasteiger partial charge in [0.1, 0.15) is 5.69 Å². The summed E-state index contributed by atoms with van der Waals surface area (Å²) in [5.41, 5.74) is 3.92. The van der Waals surface area contributed by atoms with E-state index in [1.165, 1.54) is 18.6 Å². The highest BCUT2D eigenvalue weighted by Crippen LogP contribution is 2.12. The second-order valence-corrected chi connectivity index (χ2v) is 5.81. The van der Waals surface area contributed by atoms with Crippen LogP contribution < -0.4 is 5.32 Å². The van der Waals surface area contributed by atoms with Gasteiger partial charge in [-0.05, 0) is 32.0 Å². The lowest BCUT2D eigenvalue weighted by molar-refractivity contribution is 0.102. The molecule has 26 heavy (non-hydrogen) atoms. The summed E-state index contributed by atoms with van der Waals surface area (Å²) in [6.07, 6.45) is 4.51. The van der Waals surface area contributed by atoms with Crippen molar-refractivity contribution in [1.82, 2.24) is 29.7 Å². The number of nitrogens with one attached hydrogen (secondary N) is 1. The van der Waals surface area contributed by atoms with E-state index in [0.29, 0.717) is 17.2 Å². The first-order valence-corrected chi connectivity index (χ1v) is 7.99. The number of amides is 1. The zero-order chi connectivity index (χ0) is 18.1. The summed E-state index contributed by atoms with van der Waals surface area (Å²) in [7, 11) is 0. The maximum atomic E-state index is 12.4. The van der Waals surface area contributed by atoms with Gasteiger partial charge in [-0.2, -0.15) is 5.10 Å². The molecule has 1 N–H and O–H groups in total. The highest BCUT2D eigenvalue weighted by molar-refractivity contribution is 6.03. The Hall–Kier alpha value is -3.68. The van der Waals surface area contributed by atoms with Crippen LogP contribution in [0.3, 0.4) is 0 Å². The summed E-state index contributed by atoms with van der Waals surface area (Å²) in [4.78, 5) is 29.5. The minimum Gasteiger partial charge on any atom is -0.318 e. The Labute approximate surface area is 149 Å². The van der Waals surface area contributed by atoms with Gasteiger partial charge in [-0.1, -0.05) is 12.1 Å². The van der Waals surface area contributed by atoms with Gasteiger partial charge in [0.2, 0.25) is 0 Å². The number of hydrogen-bond acceptors (Lipinski definition) is 6. The third kappa shape index (κ3) is 3.00. The fraction of sp³-hybridized carbons (Fsp3) is 0.111. The molecule has 3 aromatic heterocycles. The number of nitrogens with zero attached hydrogens (tertiary/aromatic N) is 6. The average Bonchev–Trinajstić information content (AvgIpc) is 3.00. The Balaban J connectivity index is 1.54. The molecule has 0 unspecified atom stereocenters. The van der Waals surface area contributed by atoms with Gasteiger partial charge in [0.15, 0.2) is 0 Å². The third-order valence-electron chi connectivity index (χ3n) is 3.78. The summed E-state index contributed by atoms with van der Waals surface area (Å²) in [5, 5.41) is 7.06. The SMILES string of the molecule is Cc1cc(C)n(-c2ncc(NC(=O)c3cnc4ccccc4n3)cn2)n1. The molecule has 0 radical (unpaired) electrons. The topological polar surface area (TPSA) is 98.5 Å². The van der Waals surface area contributed by atoms with Crippen LogP contribution in [0.2, 0.25) is 0 Å². The number of carbonyl (C=O) groups excluding carboxylic acids is 1. The minimum atomic E-state index is -0.370. The average molecular weight is 345 g/mol. The van der Waals surface area contributed by atoms with E-state index in [1.54, 1.807) is 4.68 Å². The lowest BCUT2D eigenvalue weighted by Gasteiger charge is -2.06. The van der Waals surface area contributed by atoms with Crippen LogP contribution in [0.4, 0.5) is 5.69 Å². The Morgan fingerprint density at radius 1 is 1.00 bits per heavy atom. The summed E-state index contributed by atoms with van der Waals surface area (Å²) in [6.45, 7) is 3.83. The van der Waals surface area contributed by atoms with E-state index in [-0.39, 0.29) is 11.6 Å². The molecule has 0 spiro atoms. The van der Waals surface area contributed by atoms with Crippen LogP contribution in [0.25, 0.3) is 17.0 Å². The van der Waals surface area contributed by atoms with Crippen LogP contribution in [0.15, 0.2) is 48.9 Å². The number of para-hydroxylation sites is 2. The smallest absolute Gasteiger partial charge is 0.275 e. The van der Waals surface area contributed by atoms with Crippen LogP contribution in [0.1, 0.15) is 21.9 Å². The van der Waals surface area contributed by atoms with E-state index >= 15 is 0 Å². The highest BCUT2D eigenvalue weighted by Gasteiger charge is 2.11. The molecule has 0 atom stereocenters. The second-order valence-electron chi connectivity index (χ2n) is 5.81. The molecule has 8 heteroatoms. The Morgan fingerprint density at radius 2 is 1.73 bits per heavy atom. The van der Waals surface area contributed by atoms with Crippen LogP contribution >= 0.6 is 0 Å².